The van der Waals surface area contributed by atoms with Gasteiger partial charge in [0.05, 0.1) is 38.6 Å². The Balaban J connectivity index is 3.51. The molecule has 490 valence electrons. The van der Waals surface area contributed by atoms with E-state index in [0.29, 0.717) is 0 Å². The molecule has 14 atom stereocenters. The molecule has 0 aromatic carbocycles. The van der Waals surface area contributed by atoms with Gasteiger partial charge in [0, 0.05) is 0 Å². The third-order valence-electron chi connectivity index (χ3n) is 11.5. The molecule has 0 spiro atoms. The second-order valence-corrected chi connectivity index (χ2v) is 88.4. The molecular formula is C54H130O16Si12. The van der Waals surface area contributed by atoms with Crippen LogP contribution in [0.15, 0.2) is 0 Å². The van der Waals surface area contributed by atoms with Crippen LogP contribution in [0.5, 0.6) is 0 Å². The van der Waals surface area contributed by atoms with Gasteiger partial charge in [0.25, 0.3) is 0 Å². The van der Waals surface area contributed by atoms with E-state index in [9.17, 15) is 0 Å². The van der Waals surface area contributed by atoms with Crippen molar-refractivity contribution in [3.8, 4) is 0 Å². The maximum atomic E-state index is 8.06. The van der Waals surface area contributed by atoms with Crippen LogP contribution < -0.4 is 0 Å². The van der Waals surface area contributed by atoms with Gasteiger partial charge >= 0.3 is 0 Å². The van der Waals surface area contributed by atoms with Gasteiger partial charge < -0.3 is 72.1 Å². The summed E-state index contributed by atoms with van der Waals surface area (Å²) in [6, 6.07) is 0. The third kappa shape index (κ3) is 33.9. The summed E-state index contributed by atoms with van der Waals surface area (Å²) in [5.74, 6) is 0. The molecule has 2 heterocycles. The minimum absolute atomic E-state index is 0.213. The zero-order valence-corrected chi connectivity index (χ0v) is 71.4. The van der Waals surface area contributed by atoms with Gasteiger partial charge in [0.15, 0.2) is 112 Å². The molecule has 2 aliphatic heterocycles. The first-order chi connectivity index (χ1) is 36.1. The molecule has 0 bridgehead atoms. The van der Waals surface area contributed by atoms with Gasteiger partial charge in [-0.2, -0.15) is 0 Å². The maximum absolute atomic E-state index is 8.06. The van der Waals surface area contributed by atoms with E-state index in [4.69, 9.17) is 72.1 Å². The van der Waals surface area contributed by atoms with Crippen LogP contribution >= 0.6 is 0 Å². The van der Waals surface area contributed by atoms with E-state index in [1.54, 1.807) is 0 Å². The summed E-state index contributed by atoms with van der Waals surface area (Å²) < 4.78 is 118. The van der Waals surface area contributed by atoms with Crippen molar-refractivity contribution < 1.29 is 72.1 Å². The smallest absolute Gasteiger partial charge is 0.186 e. The fourth-order valence-electron chi connectivity index (χ4n) is 9.19. The summed E-state index contributed by atoms with van der Waals surface area (Å²) in [7, 11) is -27.8. The van der Waals surface area contributed by atoms with Gasteiger partial charge in [-0.25, -0.2) is 0 Å². The highest BCUT2D eigenvalue weighted by Crippen LogP contribution is 2.40. The van der Waals surface area contributed by atoms with E-state index in [-0.39, 0.29) is 26.4 Å². The highest BCUT2D eigenvalue weighted by Gasteiger charge is 2.58. The standard InChI is InChI=1S/C54H130O16Si12/c1-71(2,3)55-37-41-47(65-77(19,20)21)49(67-79(25,26)27)51(69-81(31,32)33)53(59-41)61-45(43(63-75(13,14)15)39-57-73(7,8)9)46(44(64-76(16,17)18)40-58-74(10,11)12)62-54-52(70-82(34,35)36)50(68-80(28,29)30)48(66-78(22,23)24)42(60-54)38-56-72(4,5)6/h41-54H,37-40H2,1-36H3/t41-,42-,43-,44+,45-,46-,47-,48-,49+,50+,51-,52+,53+,54-/m1/s1. The molecule has 2 rings (SSSR count). The third-order valence-corrected chi connectivity index (χ3v) is 23.5. The number of hydrogen-bond donors (Lipinski definition) is 0. The van der Waals surface area contributed by atoms with Crippen molar-refractivity contribution in [2.45, 2.75) is 322 Å². The van der Waals surface area contributed by atoms with Crippen LogP contribution in [0.2, 0.25) is 236 Å². The van der Waals surface area contributed by atoms with Crippen LogP contribution in [-0.4, -0.2) is 212 Å². The van der Waals surface area contributed by atoms with Gasteiger partial charge in [0.2, 0.25) is 0 Å². The second kappa shape index (κ2) is 30.1. The Bertz CT molecular complexity index is 1750. The normalized spacial score (nSPS) is 27.4. The molecule has 16 nitrogen and oxygen atoms in total. The average Bonchev–Trinajstić information content (AvgIpc) is 3.17. The zero-order chi connectivity index (χ0) is 64.2. The highest BCUT2D eigenvalue weighted by molar-refractivity contribution is 6.73. The molecule has 0 aromatic rings. The molecule has 2 aliphatic rings. The minimum atomic E-state index is -2.48. The van der Waals surface area contributed by atoms with Gasteiger partial charge in [-0.1, -0.05) is 0 Å². The monoisotopic (exact) mass is 1370 g/mol. The molecule has 0 aromatic heterocycles. The lowest BCUT2D eigenvalue weighted by atomic mass is 9.97. The van der Waals surface area contributed by atoms with Gasteiger partial charge in [-0.05, 0) is 236 Å². The van der Waals surface area contributed by atoms with Crippen LogP contribution in [0.3, 0.4) is 0 Å². The van der Waals surface area contributed by atoms with Gasteiger partial charge in [0.1, 0.15) is 61.0 Å². The van der Waals surface area contributed by atoms with Crippen molar-refractivity contribution >= 4 is 99.8 Å². The largest absolute Gasteiger partial charge is 0.415 e. The molecule has 2 saturated heterocycles. The van der Waals surface area contributed by atoms with Crippen molar-refractivity contribution in [3.05, 3.63) is 0 Å². The molecule has 82 heavy (non-hydrogen) atoms. The lowest BCUT2D eigenvalue weighted by Gasteiger charge is -2.53. The number of rotatable bonds is 35. The maximum Gasteiger partial charge on any atom is 0.186 e. The van der Waals surface area contributed by atoms with Gasteiger partial charge in [-0.3, -0.25) is 0 Å². The van der Waals surface area contributed by atoms with E-state index in [0.717, 1.165) is 0 Å². The van der Waals surface area contributed by atoms with Crippen molar-refractivity contribution in [1.29, 1.82) is 0 Å². The lowest BCUT2D eigenvalue weighted by Crippen LogP contribution is -2.69. The number of hydrogen-bond acceptors (Lipinski definition) is 16. The molecule has 28 heteroatoms. The summed E-state index contributed by atoms with van der Waals surface area (Å²) in [5.41, 5.74) is 0. The summed E-state index contributed by atoms with van der Waals surface area (Å²) in [6.07, 6.45) is -10.3. The Morgan fingerprint density at radius 3 is 0.683 bits per heavy atom. The molecule has 0 saturated carbocycles. The first-order valence-corrected chi connectivity index (χ1v) is 71.6. The number of ether oxygens (including phenoxy) is 4. The Labute approximate surface area is 516 Å². The van der Waals surface area contributed by atoms with E-state index < -0.39 is 186 Å². The van der Waals surface area contributed by atoms with E-state index in [1.165, 1.54) is 0 Å². The van der Waals surface area contributed by atoms with Crippen LogP contribution in [0.4, 0.5) is 0 Å². The topological polar surface area (TPSA) is 148 Å². The van der Waals surface area contributed by atoms with E-state index in [1.807, 2.05) is 0 Å². The Hall–Kier alpha value is 1.96. The second-order valence-electron chi connectivity index (χ2n) is 34.7. The molecule has 0 N–H and O–H groups in total. The van der Waals surface area contributed by atoms with Crippen LogP contribution in [-0.2, 0) is 72.1 Å². The van der Waals surface area contributed by atoms with Crippen molar-refractivity contribution in [2.75, 3.05) is 26.4 Å². The molecule has 0 radical (unpaired) electrons. The van der Waals surface area contributed by atoms with E-state index >= 15 is 0 Å². The zero-order valence-electron chi connectivity index (χ0n) is 59.4. The van der Waals surface area contributed by atoms with Crippen LogP contribution in [0, 0.1) is 0 Å². The highest BCUT2D eigenvalue weighted by atomic mass is 28.4. The Morgan fingerprint density at radius 1 is 0.256 bits per heavy atom. The first kappa shape index (κ1) is 80.1. The van der Waals surface area contributed by atoms with Gasteiger partial charge in [-0.15, -0.1) is 0 Å². The molecule has 0 amide bonds. The van der Waals surface area contributed by atoms with Crippen molar-refractivity contribution in [2.24, 2.45) is 0 Å². The Morgan fingerprint density at radius 2 is 0.476 bits per heavy atom. The fourth-order valence-corrected chi connectivity index (χ4v) is 20.6. The summed E-state index contributed by atoms with van der Waals surface area (Å²) >= 11 is 0. The Kier molecular flexibility index (Phi) is 29.4. The summed E-state index contributed by atoms with van der Waals surface area (Å²) in [5, 5.41) is 0. The minimum Gasteiger partial charge on any atom is -0.415 e. The molecule has 0 unspecified atom stereocenters. The summed E-state index contributed by atoms with van der Waals surface area (Å²) in [6.45, 7) is 80.6. The van der Waals surface area contributed by atoms with E-state index in [2.05, 4.69) is 236 Å². The predicted octanol–water partition coefficient (Wildman–Crippen LogP) is 14.4. The van der Waals surface area contributed by atoms with Crippen molar-refractivity contribution in [1.82, 2.24) is 0 Å². The average molecular weight is 1370 g/mol. The molecule has 0 aliphatic carbocycles. The summed E-state index contributed by atoms with van der Waals surface area (Å²) in [4.78, 5) is 0. The quantitative estimate of drug-likeness (QED) is 0.0554. The SMILES string of the molecule is C[Si](C)(C)OC[C@H](O[Si](C)(C)C)[C@@H](O[C@H]1O[C@H](CO[Si](C)(C)C)[C@@H](O[Si](C)(C)C)[C@H](O[Si](C)(C)C)[C@@H]1O[Si](C)(C)C)[C@H](O[C@@H]1O[C@H](CO[Si](C)(C)C)[C@@H](O[Si](C)(C)C)[C@H](O[Si](C)(C)C)[C@H]1O[Si](C)(C)C)[C@@H](CO[Si](C)(C)C)O[Si](C)(C)C. The first-order valence-electron chi connectivity index (χ1n) is 30.7. The van der Waals surface area contributed by atoms with Crippen LogP contribution in [0.1, 0.15) is 0 Å². The van der Waals surface area contributed by atoms with Crippen molar-refractivity contribution in [3.63, 3.8) is 0 Å². The lowest BCUT2D eigenvalue weighted by molar-refractivity contribution is -0.346. The predicted molar refractivity (Wildman–Crippen MR) is 370 cm³/mol. The molecule has 2 fully saturated rings. The fraction of sp³-hybridized carbons (Fsp3) is 1.00. The molecular weight excluding hydrogens is 1240 g/mol. The van der Waals surface area contributed by atoms with Crippen LogP contribution in [0.25, 0.3) is 0 Å².